The maximum Gasteiger partial charge on any atom is 0.414 e. The zero-order valence-corrected chi connectivity index (χ0v) is 15.6. The van der Waals surface area contributed by atoms with Gasteiger partial charge in [0.1, 0.15) is 11.6 Å². The van der Waals surface area contributed by atoms with E-state index in [4.69, 9.17) is 24.5 Å². The summed E-state index contributed by atoms with van der Waals surface area (Å²) in [5.74, 6) is -1.07. The number of imidazole rings is 1. The lowest BCUT2D eigenvalue weighted by Crippen LogP contribution is -2.09. The number of benzene rings is 1. The number of hydrogen-bond donors (Lipinski definition) is 2. The highest BCUT2D eigenvalue weighted by molar-refractivity contribution is 6.27. The number of aryl methyl sites for hydroxylation is 3. The summed E-state index contributed by atoms with van der Waals surface area (Å²) < 4.78 is 8.14. The monoisotopic (exact) mass is 362 g/mol. The minimum Gasteiger partial charge on any atom is -0.493 e. The van der Waals surface area contributed by atoms with Crippen LogP contribution in [0, 0.1) is 13.8 Å². The van der Waals surface area contributed by atoms with E-state index in [1.807, 2.05) is 19.3 Å². The topological polar surface area (TPSA) is 102 Å². The Morgan fingerprint density at radius 1 is 1.19 bits per heavy atom. The van der Waals surface area contributed by atoms with E-state index in [1.54, 1.807) is 0 Å². The number of carbonyl (C=O) groups is 2. The first-order chi connectivity index (χ1) is 12.2. The third-order valence-corrected chi connectivity index (χ3v) is 3.70. The predicted molar refractivity (Wildman–Crippen MR) is 97.6 cm³/mol. The molecule has 142 valence electrons. The highest BCUT2D eigenvalue weighted by atomic mass is 16.5. The van der Waals surface area contributed by atoms with Gasteiger partial charge >= 0.3 is 11.9 Å². The molecule has 2 N–H and O–H groups in total. The van der Waals surface area contributed by atoms with Gasteiger partial charge in [0.2, 0.25) is 0 Å². The van der Waals surface area contributed by atoms with Crippen molar-refractivity contribution >= 4 is 11.9 Å². The van der Waals surface area contributed by atoms with Crippen molar-refractivity contribution in [1.29, 1.82) is 0 Å². The van der Waals surface area contributed by atoms with E-state index in [-0.39, 0.29) is 0 Å². The lowest BCUT2D eigenvalue weighted by atomic mass is 10.0. The largest absolute Gasteiger partial charge is 0.493 e. The molecule has 0 saturated heterocycles. The lowest BCUT2D eigenvalue weighted by Gasteiger charge is -2.15. The second-order valence-corrected chi connectivity index (χ2v) is 6.18. The Balaban J connectivity index is 0.000000487. The molecule has 0 spiro atoms. The summed E-state index contributed by atoms with van der Waals surface area (Å²) in [6.07, 6.45) is 4.85. The summed E-state index contributed by atoms with van der Waals surface area (Å²) in [5, 5.41) is 14.8. The fourth-order valence-electron chi connectivity index (χ4n) is 2.30. The first kappa shape index (κ1) is 21.2. The Morgan fingerprint density at radius 2 is 1.85 bits per heavy atom. The molecule has 1 heterocycles. The van der Waals surface area contributed by atoms with Crippen LogP contribution < -0.4 is 4.74 Å². The van der Waals surface area contributed by atoms with E-state index >= 15 is 0 Å². The third-order valence-electron chi connectivity index (χ3n) is 3.70. The van der Waals surface area contributed by atoms with Crippen molar-refractivity contribution in [1.82, 2.24) is 9.55 Å². The summed E-state index contributed by atoms with van der Waals surface area (Å²) in [5.41, 5.74) is 2.53. The SMILES string of the molecule is Cc1ccc(C(C)C)c(OCCCn2ccnc2C)c1.O=C(O)C(=O)O. The minimum absolute atomic E-state index is 0.487. The van der Waals surface area contributed by atoms with Crippen LogP contribution in [0.1, 0.15) is 43.1 Å². The molecule has 0 aliphatic carbocycles. The van der Waals surface area contributed by atoms with Gasteiger partial charge in [-0.2, -0.15) is 0 Å². The lowest BCUT2D eigenvalue weighted by molar-refractivity contribution is -0.159. The van der Waals surface area contributed by atoms with Crippen molar-refractivity contribution in [2.24, 2.45) is 0 Å². The molecule has 0 aliphatic heterocycles. The quantitative estimate of drug-likeness (QED) is 0.604. The number of rotatable bonds is 6. The number of carboxylic acid groups (broad SMARTS) is 2. The highest BCUT2D eigenvalue weighted by Gasteiger charge is 2.08. The molecule has 1 aromatic carbocycles. The number of hydrogen-bond acceptors (Lipinski definition) is 4. The average Bonchev–Trinajstić information content (AvgIpc) is 2.97. The minimum atomic E-state index is -1.82. The standard InChI is InChI=1S/C17H24N2O.C2H2O4/c1-13(2)16-7-6-14(3)12-17(16)20-11-5-9-19-10-8-18-15(19)4;3-1(4)2(5)6/h6-8,10,12-13H,5,9,11H2,1-4H3;(H,3,4)(H,5,6). The number of aromatic nitrogens is 2. The fourth-order valence-corrected chi connectivity index (χ4v) is 2.30. The number of aliphatic carboxylic acids is 2. The van der Waals surface area contributed by atoms with E-state index in [0.29, 0.717) is 5.92 Å². The molecule has 0 aliphatic rings. The molecule has 26 heavy (non-hydrogen) atoms. The Morgan fingerprint density at radius 3 is 2.35 bits per heavy atom. The van der Waals surface area contributed by atoms with Crippen LogP contribution in [-0.2, 0) is 16.1 Å². The average molecular weight is 362 g/mol. The van der Waals surface area contributed by atoms with Crippen LogP contribution in [0.25, 0.3) is 0 Å². The van der Waals surface area contributed by atoms with Gasteiger partial charge in [-0.05, 0) is 43.4 Å². The van der Waals surface area contributed by atoms with E-state index in [1.165, 1.54) is 11.1 Å². The van der Waals surface area contributed by atoms with Gasteiger partial charge in [-0.15, -0.1) is 0 Å². The normalized spacial score (nSPS) is 10.2. The summed E-state index contributed by atoms with van der Waals surface area (Å²) in [6.45, 7) is 10.2. The zero-order valence-electron chi connectivity index (χ0n) is 15.6. The molecule has 0 fully saturated rings. The van der Waals surface area contributed by atoms with Crippen molar-refractivity contribution in [2.45, 2.75) is 46.6 Å². The van der Waals surface area contributed by atoms with E-state index in [0.717, 1.165) is 31.1 Å². The van der Waals surface area contributed by atoms with E-state index in [2.05, 4.69) is 48.5 Å². The smallest absolute Gasteiger partial charge is 0.414 e. The molecule has 2 aromatic rings. The van der Waals surface area contributed by atoms with Crippen molar-refractivity contribution < 1.29 is 24.5 Å². The molecule has 7 heteroatoms. The molecule has 1 aromatic heterocycles. The van der Waals surface area contributed by atoms with Crippen LogP contribution in [0.5, 0.6) is 5.75 Å². The first-order valence-electron chi connectivity index (χ1n) is 8.39. The summed E-state index contributed by atoms with van der Waals surface area (Å²) >= 11 is 0. The molecule has 0 saturated carbocycles. The third kappa shape index (κ3) is 6.96. The van der Waals surface area contributed by atoms with Crippen LogP contribution in [0.3, 0.4) is 0 Å². The van der Waals surface area contributed by atoms with Crippen LogP contribution >= 0.6 is 0 Å². The second-order valence-electron chi connectivity index (χ2n) is 6.18. The van der Waals surface area contributed by atoms with Crippen molar-refractivity contribution in [3.8, 4) is 5.75 Å². The molecule has 0 amide bonds. The van der Waals surface area contributed by atoms with Gasteiger partial charge in [0.25, 0.3) is 0 Å². The van der Waals surface area contributed by atoms with Crippen LogP contribution in [-0.4, -0.2) is 38.3 Å². The van der Waals surface area contributed by atoms with Gasteiger partial charge in [0.05, 0.1) is 6.61 Å². The molecule has 0 radical (unpaired) electrons. The van der Waals surface area contributed by atoms with Crippen molar-refractivity contribution in [3.05, 3.63) is 47.5 Å². The Hall–Kier alpha value is -2.83. The molecule has 7 nitrogen and oxygen atoms in total. The second kappa shape index (κ2) is 10.2. The molecular formula is C19H26N2O5. The Bertz CT molecular complexity index is 725. The number of carboxylic acids is 2. The van der Waals surface area contributed by atoms with Gasteiger partial charge < -0.3 is 19.5 Å². The summed E-state index contributed by atoms with van der Waals surface area (Å²) in [4.78, 5) is 22.4. The zero-order chi connectivity index (χ0) is 19.7. The van der Waals surface area contributed by atoms with E-state index < -0.39 is 11.9 Å². The van der Waals surface area contributed by atoms with Gasteiger partial charge in [0.15, 0.2) is 0 Å². The predicted octanol–water partition coefficient (Wildman–Crippen LogP) is 3.25. The fraction of sp³-hybridized carbons (Fsp3) is 0.421. The van der Waals surface area contributed by atoms with Crippen LogP contribution in [0.15, 0.2) is 30.6 Å². The molecular weight excluding hydrogens is 336 g/mol. The van der Waals surface area contributed by atoms with Crippen molar-refractivity contribution in [3.63, 3.8) is 0 Å². The van der Waals surface area contributed by atoms with Gasteiger partial charge in [-0.1, -0.05) is 26.0 Å². The number of ether oxygens (including phenoxy) is 1. The van der Waals surface area contributed by atoms with Gasteiger partial charge in [-0.25, -0.2) is 14.6 Å². The first-order valence-corrected chi connectivity index (χ1v) is 8.39. The highest BCUT2D eigenvalue weighted by Crippen LogP contribution is 2.27. The molecule has 0 atom stereocenters. The molecule has 0 unspecified atom stereocenters. The van der Waals surface area contributed by atoms with Crippen LogP contribution in [0.2, 0.25) is 0 Å². The number of nitrogens with zero attached hydrogens (tertiary/aromatic N) is 2. The van der Waals surface area contributed by atoms with Gasteiger partial charge in [0, 0.05) is 18.9 Å². The van der Waals surface area contributed by atoms with Crippen molar-refractivity contribution in [2.75, 3.05) is 6.61 Å². The summed E-state index contributed by atoms with van der Waals surface area (Å²) in [7, 11) is 0. The molecule has 0 bridgehead atoms. The Labute approximate surface area is 153 Å². The maximum atomic E-state index is 9.10. The Kier molecular flexibility index (Phi) is 8.34. The van der Waals surface area contributed by atoms with Gasteiger partial charge in [-0.3, -0.25) is 0 Å². The summed E-state index contributed by atoms with van der Waals surface area (Å²) in [6, 6.07) is 6.46. The molecule has 2 rings (SSSR count). The van der Waals surface area contributed by atoms with Crippen LogP contribution in [0.4, 0.5) is 0 Å². The maximum absolute atomic E-state index is 9.10. The van der Waals surface area contributed by atoms with E-state index in [9.17, 15) is 0 Å².